The molecule has 0 unspecified atom stereocenters. The van der Waals surface area contributed by atoms with Crippen LogP contribution in [0.5, 0.6) is 0 Å². The van der Waals surface area contributed by atoms with E-state index < -0.39 is 0 Å². The Balaban J connectivity index is 2.09. The fourth-order valence-corrected chi connectivity index (χ4v) is 2.46. The molecule has 1 aromatic heterocycles. The third-order valence-corrected chi connectivity index (χ3v) is 3.61. The zero-order valence-electron chi connectivity index (χ0n) is 10.0. The van der Waals surface area contributed by atoms with Gasteiger partial charge in [-0.3, -0.25) is 4.68 Å². The molecule has 0 spiro atoms. The average Bonchev–Trinajstić information content (AvgIpc) is 2.47. The summed E-state index contributed by atoms with van der Waals surface area (Å²) in [5, 5.41) is 7.89. The Morgan fingerprint density at radius 1 is 1.33 bits per heavy atom. The zero-order chi connectivity index (χ0) is 10.8. The first kappa shape index (κ1) is 10.7. The van der Waals surface area contributed by atoms with Crippen molar-refractivity contribution in [2.75, 3.05) is 13.1 Å². The smallest absolute Gasteiger partial charge is 0.0625 e. The fraction of sp³-hybridized carbons (Fsp3) is 0.750. The molecule has 15 heavy (non-hydrogen) atoms. The van der Waals surface area contributed by atoms with Crippen molar-refractivity contribution in [3.8, 4) is 0 Å². The van der Waals surface area contributed by atoms with Crippen LogP contribution < -0.4 is 5.32 Å². The summed E-state index contributed by atoms with van der Waals surface area (Å²) in [5.41, 5.74) is 4.00. The summed E-state index contributed by atoms with van der Waals surface area (Å²) in [6, 6.07) is 0. The first-order valence-corrected chi connectivity index (χ1v) is 5.88. The molecule has 2 rings (SSSR count). The molecule has 0 amide bonds. The predicted molar refractivity (Wildman–Crippen MR) is 62.0 cm³/mol. The van der Waals surface area contributed by atoms with Gasteiger partial charge in [-0.25, -0.2) is 0 Å². The van der Waals surface area contributed by atoms with Crippen molar-refractivity contribution >= 4 is 0 Å². The van der Waals surface area contributed by atoms with Crippen LogP contribution in [0.15, 0.2) is 0 Å². The van der Waals surface area contributed by atoms with Gasteiger partial charge >= 0.3 is 0 Å². The second-order valence-electron chi connectivity index (χ2n) is 4.68. The van der Waals surface area contributed by atoms with Gasteiger partial charge in [0.05, 0.1) is 5.69 Å². The molecular formula is C12H21N3. The normalized spacial score (nSPS) is 18.3. The SMILES string of the molecule is Cc1nn(C)c(CC2CCNCC2)c1C. The second kappa shape index (κ2) is 4.35. The number of aryl methyl sites for hydroxylation is 2. The van der Waals surface area contributed by atoms with Crippen molar-refractivity contribution in [2.24, 2.45) is 13.0 Å². The zero-order valence-corrected chi connectivity index (χ0v) is 10.0. The Hall–Kier alpha value is -0.830. The van der Waals surface area contributed by atoms with Crippen molar-refractivity contribution in [1.29, 1.82) is 0 Å². The summed E-state index contributed by atoms with van der Waals surface area (Å²) < 4.78 is 2.06. The Morgan fingerprint density at radius 2 is 2.00 bits per heavy atom. The summed E-state index contributed by atoms with van der Waals surface area (Å²) in [6.07, 6.45) is 3.82. The van der Waals surface area contributed by atoms with E-state index in [0.717, 1.165) is 5.92 Å². The standard InChI is InChI=1S/C12H21N3/c1-9-10(2)14-15(3)12(9)8-11-4-6-13-7-5-11/h11,13H,4-8H2,1-3H3. The number of aromatic nitrogens is 2. The van der Waals surface area contributed by atoms with Crippen molar-refractivity contribution in [3.05, 3.63) is 17.0 Å². The predicted octanol–water partition coefficient (Wildman–Crippen LogP) is 1.58. The largest absolute Gasteiger partial charge is 0.317 e. The van der Waals surface area contributed by atoms with Crippen LogP contribution in [-0.4, -0.2) is 22.9 Å². The Morgan fingerprint density at radius 3 is 2.53 bits per heavy atom. The van der Waals surface area contributed by atoms with Crippen LogP contribution in [-0.2, 0) is 13.5 Å². The van der Waals surface area contributed by atoms with Gasteiger partial charge in [0.15, 0.2) is 0 Å². The monoisotopic (exact) mass is 207 g/mol. The minimum absolute atomic E-state index is 0.847. The first-order valence-electron chi connectivity index (χ1n) is 5.88. The minimum Gasteiger partial charge on any atom is -0.317 e. The molecule has 0 saturated carbocycles. The van der Waals surface area contributed by atoms with Gasteiger partial charge in [-0.05, 0) is 57.7 Å². The van der Waals surface area contributed by atoms with Crippen LogP contribution in [0.4, 0.5) is 0 Å². The van der Waals surface area contributed by atoms with E-state index in [9.17, 15) is 0 Å². The molecule has 0 radical (unpaired) electrons. The van der Waals surface area contributed by atoms with Gasteiger partial charge in [-0.2, -0.15) is 5.10 Å². The van der Waals surface area contributed by atoms with Crippen molar-refractivity contribution in [3.63, 3.8) is 0 Å². The molecule has 0 bridgehead atoms. The van der Waals surface area contributed by atoms with E-state index in [1.807, 2.05) is 0 Å². The van der Waals surface area contributed by atoms with Crippen LogP contribution in [0.25, 0.3) is 0 Å². The van der Waals surface area contributed by atoms with E-state index in [1.165, 1.54) is 49.3 Å². The van der Waals surface area contributed by atoms with Gasteiger partial charge in [-0.15, -0.1) is 0 Å². The molecule has 1 fully saturated rings. The molecule has 0 aromatic carbocycles. The molecule has 1 aromatic rings. The molecule has 3 nitrogen and oxygen atoms in total. The maximum atomic E-state index is 4.48. The summed E-state index contributed by atoms with van der Waals surface area (Å²) in [5.74, 6) is 0.847. The number of hydrogen-bond donors (Lipinski definition) is 1. The van der Waals surface area contributed by atoms with Gasteiger partial charge in [0.25, 0.3) is 0 Å². The number of rotatable bonds is 2. The third-order valence-electron chi connectivity index (χ3n) is 3.61. The van der Waals surface area contributed by atoms with Gasteiger partial charge in [0.1, 0.15) is 0 Å². The quantitative estimate of drug-likeness (QED) is 0.798. The molecule has 1 aliphatic rings. The lowest BCUT2D eigenvalue weighted by molar-refractivity contribution is 0.365. The number of nitrogens with zero attached hydrogens (tertiary/aromatic N) is 2. The Labute approximate surface area is 91.9 Å². The van der Waals surface area contributed by atoms with Gasteiger partial charge < -0.3 is 5.32 Å². The number of nitrogens with one attached hydrogen (secondary N) is 1. The third kappa shape index (κ3) is 2.23. The highest BCUT2D eigenvalue weighted by Gasteiger charge is 2.17. The first-order chi connectivity index (χ1) is 7.18. The van der Waals surface area contributed by atoms with Crippen LogP contribution in [0.3, 0.4) is 0 Å². The maximum absolute atomic E-state index is 4.48. The van der Waals surface area contributed by atoms with Gasteiger partial charge in [-0.1, -0.05) is 0 Å². The lowest BCUT2D eigenvalue weighted by Crippen LogP contribution is -2.29. The molecule has 3 heteroatoms. The molecule has 84 valence electrons. The topological polar surface area (TPSA) is 29.9 Å². The lowest BCUT2D eigenvalue weighted by atomic mass is 9.92. The van der Waals surface area contributed by atoms with Crippen molar-refractivity contribution in [1.82, 2.24) is 15.1 Å². The highest BCUT2D eigenvalue weighted by molar-refractivity contribution is 5.23. The maximum Gasteiger partial charge on any atom is 0.0625 e. The highest BCUT2D eigenvalue weighted by Crippen LogP contribution is 2.21. The molecular weight excluding hydrogens is 186 g/mol. The van der Waals surface area contributed by atoms with E-state index in [4.69, 9.17) is 0 Å². The lowest BCUT2D eigenvalue weighted by Gasteiger charge is -2.22. The van der Waals surface area contributed by atoms with Crippen LogP contribution >= 0.6 is 0 Å². The van der Waals surface area contributed by atoms with Crippen LogP contribution in [0.2, 0.25) is 0 Å². The highest BCUT2D eigenvalue weighted by atomic mass is 15.3. The molecule has 1 N–H and O–H groups in total. The van der Waals surface area contributed by atoms with E-state index in [1.54, 1.807) is 0 Å². The summed E-state index contributed by atoms with van der Waals surface area (Å²) in [4.78, 5) is 0. The number of piperidine rings is 1. The molecule has 0 atom stereocenters. The van der Waals surface area contributed by atoms with Gasteiger partial charge in [0, 0.05) is 12.7 Å². The molecule has 2 heterocycles. The second-order valence-corrected chi connectivity index (χ2v) is 4.68. The molecule has 1 aliphatic heterocycles. The Kier molecular flexibility index (Phi) is 3.10. The van der Waals surface area contributed by atoms with E-state index >= 15 is 0 Å². The molecule has 0 aliphatic carbocycles. The molecule has 1 saturated heterocycles. The summed E-state index contributed by atoms with van der Waals surface area (Å²) >= 11 is 0. The summed E-state index contributed by atoms with van der Waals surface area (Å²) in [6.45, 7) is 6.65. The minimum atomic E-state index is 0.847. The van der Waals surface area contributed by atoms with Crippen LogP contribution in [0, 0.1) is 19.8 Å². The van der Waals surface area contributed by atoms with Gasteiger partial charge in [0.2, 0.25) is 0 Å². The van der Waals surface area contributed by atoms with E-state index in [2.05, 4.69) is 36.0 Å². The number of hydrogen-bond acceptors (Lipinski definition) is 2. The van der Waals surface area contributed by atoms with E-state index in [-0.39, 0.29) is 0 Å². The van der Waals surface area contributed by atoms with Crippen molar-refractivity contribution in [2.45, 2.75) is 33.1 Å². The average molecular weight is 207 g/mol. The van der Waals surface area contributed by atoms with Crippen molar-refractivity contribution < 1.29 is 0 Å². The fourth-order valence-electron chi connectivity index (χ4n) is 2.46. The van der Waals surface area contributed by atoms with Crippen LogP contribution in [0.1, 0.15) is 29.8 Å². The summed E-state index contributed by atoms with van der Waals surface area (Å²) in [7, 11) is 2.07. The van der Waals surface area contributed by atoms with E-state index in [0.29, 0.717) is 0 Å². The Bertz CT molecular complexity index is 335.